The molecule has 0 bridgehead atoms. The lowest BCUT2D eigenvalue weighted by atomic mass is 10.2. The number of nitrogens with one attached hydrogen (secondary N) is 1. The Morgan fingerprint density at radius 3 is 2.44 bits per heavy atom. The topological polar surface area (TPSA) is 128 Å². The highest BCUT2D eigenvalue weighted by atomic mass is 32.2. The predicted molar refractivity (Wildman–Crippen MR) is 122 cm³/mol. The maximum atomic E-state index is 13.6. The Balaban J connectivity index is 2.11. The summed E-state index contributed by atoms with van der Waals surface area (Å²) < 4.78 is 51.8. The number of nitro groups is 1. The van der Waals surface area contributed by atoms with Crippen LogP contribution in [0.2, 0.25) is 0 Å². The van der Waals surface area contributed by atoms with E-state index in [9.17, 15) is 27.7 Å². The van der Waals surface area contributed by atoms with Gasteiger partial charge in [-0.25, -0.2) is 12.8 Å². The van der Waals surface area contributed by atoms with Gasteiger partial charge in [-0.1, -0.05) is 18.2 Å². The number of halogens is 1. The average Bonchev–Trinajstić information content (AvgIpc) is 2.82. The first kappa shape index (κ1) is 24.5. The number of anilines is 2. The van der Waals surface area contributed by atoms with Crippen molar-refractivity contribution in [3.05, 3.63) is 82.7 Å². The zero-order chi connectivity index (χ0) is 24.9. The van der Waals surface area contributed by atoms with Gasteiger partial charge in [-0.3, -0.25) is 19.2 Å². The number of nitrogens with zero attached hydrogens (tertiary/aromatic N) is 2. The zero-order valence-electron chi connectivity index (χ0n) is 18.1. The number of hydrogen-bond donors (Lipinski definition) is 1. The highest BCUT2D eigenvalue weighted by Gasteiger charge is 2.34. The van der Waals surface area contributed by atoms with Gasteiger partial charge in [0.15, 0.2) is 4.90 Å². The van der Waals surface area contributed by atoms with Crippen molar-refractivity contribution in [3.63, 3.8) is 0 Å². The van der Waals surface area contributed by atoms with Crippen molar-refractivity contribution in [2.24, 2.45) is 0 Å². The number of carbonyl (C=O) groups is 1. The van der Waals surface area contributed by atoms with Gasteiger partial charge in [0, 0.05) is 17.8 Å². The van der Waals surface area contributed by atoms with Gasteiger partial charge >= 0.3 is 0 Å². The molecular formula is C22H20FN3O7S. The highest BCUT2D eigenvalue weighted by Crippen LogP contribution is 2.37. The molecule has 1 N–H and O–H groups in total. The minimum Gasteiger partial charge on any atom is -0.497 e. The molecule has 0 atom stereocenters. The molecule has 3 aromatic rings. The Labute approximate surface area is 194 Å². The van der Waals surface area contributed by atoms with Crippen LogP contribution >= 0.6 is 0 Å². The lowest BCUT2D eigenvalue weighted by Gasteiger charge is -2.25. The molecule has 0 aliphatic heterocycles. The van der Waals surface area contributed by atoms with Crippen LogP contribution < -0.4 is 19.1 Å². The summed E-state index contributed by atoms with van der Waals surface area (Å²) in [5.74, 6) is -1.02. The van der Waals surface area contributed by atoms with Crippen molar-refractivity contribution in [1.29, 1.82) is 0 Å². The summed E-state index contributed by atoms with van der Waals surface area (Å²) in [5.41, 5.74) is -0.615. The second-order valence-corrected chi connectivity index (χ2v) is 8.66. The molecule has 34 heavy (non-hydrogen) atoms. The molecule has 0 spiro atoms. The van der Waals surface area contributed by atoms with Gasteiger partial charge in [-0.2, -0.15) is 0 Å². The number of hydrogen-bond acceptors (Lipinski definition) is 7. The molecule has 0 fully saturated rings. The second-order valence-electron chi connectivity index (χ2n) is 6.83. The summed E-state index contributed by atoms with van der Waals surface area (Å²) in [7, 11) is -1.94. The van der Waals surface area contributed by atoms with Crippen molar-refractivity contribution in [1.82, 2.24) is 0 Å². The molecule has 10 nitrogen and oxygen atoms in total. The van der Waals surface area contributed by atoms with Crippen LogP contribution in [0.3, 0.4) is 0 Å². The Morgan fingerprint density at radius 2 is 1.79 bits per heavy atom. The molecule has 3 aromatic carbocycles. The van der Waals surface area contributed by atoms with Crippen LogP contribution in [-0.2, 0) is 14.8 Å². The minimum absolute atomic E-state index is 0.0417. The summed E-state index contributed by atoms with van der Waals surface area (Å²) in [6, 6.07) is 14.0. The molecule has 0 heterocycles. The van der Waals surface area contributed by atoms with Gasteiger partial charge in [0.25, 0.3) is 15.7 Å². The SMILES string of the molecule is COc1ccc(N(CC(=O)Nc2cccc(F)c2)S(=O)(=O)c2ccccc2[N+](=O)[O-])c(OC)c1. The number of rotatable bonds is 9. The van der Waals surface area contributed by atoms with Crippen molar-refractivity contribution in [3.8, 4) is 11.5 Å². The maximum Gasteiger partial charge on any atom is 0.289 e. The largest absolute Gasteiger partial charge is 0.497 e. The average molecular weight is 489 g/mol. The van der Waals surface area contributed by atoms with Crippen molar-refractivity contribution < 1.29 is 32.0 Å². The number of benzene rings is 3. The van der Waals surface area contributed by atoms with Crippen LogP contribution in [0, 0.1) is 15.9 Å². The van der Waals surface area contributed by atoms with E-state index in [2.05, 4.69) is 5.32 Å². The van der Waals surface area contributed by atoms with Gasteiger partial charge < -0.3 is 14.8 Å². The molecule has 0 aliphatic carbocycles. The van der Waals surface area contributed by atoms with Crippen LogP contribution in [0.25, 0.3) is 0 Å². The third-order valence-corrected chi connectivity index (χ3v) is 6.49. The molecule has 1 amide bonds. The van der Waals surface area contributed by atoms with E-state index < -0.39 is 43.8 Å². The van der Waals surface area contributed by atoms with E-state index in [0.717, 1.165) is 18.2 Å². The number of carbonyl (C=O) groups excluding carboxylic acids is 1. The molecule has 0 radical (unpaired) electrons. The highest BCUT2D eigenvalue weighted by molar-refractivity contribution is 7.93. The van der Waals surface area contributed by atoms with Gasteiger partial charge in [0.1, 0.15) is 23.9 Å². The Hall–Kier alpha value is -4.19. The van der Waals surface area contributed by atoms with E-state index in [1.165, 1.54) is 62.8 Å². The standard InChI is InChI=1S/C22H20FN3O7S/c1-32-17-10-11-18(20(13-17)33-2)25(14-22(27)24-16-7-5-6-15(23)12-16)34(30,31)21-9-4-3-8-19(21)26(28)29/h3-13H,14H2,1-2H3,(H,24,27). The first-order valence-corrected chi connectivity index (χ1v) is 11.1. The van der Waals surface area contributed by atoms with Gasteiger partial charge in [0.2, 0.25) is 5.91 Å². The van der Waals surface area contributed by atoms with Crippen LogP contribution in [0.15, 0.2) is 71.6 Å². The molecule has 3 rings (SSSR count). The first-order chi connectivity index (χ1) is 16.2. The summed E-state index contributed by atoms with van der Waals surface area (Å²) in [6.07, 6.45) is 0. The second kappa shape index (κ2) is 10.2. The third-order valence-electron chi connectivity index (χ3n) is 4.68. The van der Waals surface area contributed by atoms with Gasteiger partial charge in [0.05, 0.1) is 24.8 Å². The molecule has 0 unspecified atom stereocenters. The monoisotopic (exact) mass is 489 g/mol. The van der Waals surface area contributed by atoms with Crippen molar-refractivity contribution in [2.75, 3.05) is 30.4 Å². The van der Waals surface area contributed by atoms with E-state index in [-0.39, 0.29) is 17.1 Å². The fourth-order valence-electron chi connectivity index (χ4n) is 3.13. The van der Waals surface area contributed by atoms with E-state index in [1.54, 1.807) is 0 Å². The molecule has 12 heteroatoms. The number of sulfonamides is 1. The van der Waals surface area contributed by atoms with E-state index in [0.29, 0.717) is 10.1 Å². The van der Waals surface area contributed by atoms with E-state index >= 15 is 0 Å². The molecule has 0 aromatic heterocycles. The number of nitro benzene ring substituents is 1. The van der Waals surface area contributed by atoms with Crippen LogP contribution in [0.5, 0.6) is 11.5 Å². The van der Waals surface area contributed by atoms with Gasteiger partial charge in [-0.05, 0) is 36.4 Å². The third kappa shape index (κ3) is 5.23. The number of ether oxygens (including phenoxy) is 2. The first-order valence-electron chi connectivity index (χ1n) is 9.71. The lowest BCUT2D eigenvalue weighted by molar-refractivity contribution is -0.387. The quantitative estimate of drug-likeness (QED) is 0.359. The lowest BCUT2D eigenvalue weighted by Crippen LogP contribution is -2.38. The zero-order valence-corrected chi connectivity index (χ0v) is 18.9. The predicted octanol–water partition coefficient (Wildman–Crippen LogP) is 3.59. The van der Waals surface area contributed by atoms with E-state index in [1.807, 2.05) is 0 Å². The molecule has 0 aliphatic rings. The van der Waals surface area contributed by atoms with Crippen molar-refractivity contribution >= 4 is 33.0 Å². The number of methoxy groups -OCH3 is 2. The minimum atomic E-state index is -4.64. The Kier molecular flexibility index (Phi) is 7.31. The maximum absolute atomic E-state index is 13.6. The van der Waals surface area contributed by atoms with Gasteiger partial charge in [-0.15, -0.1) is 0 Å². The fourth-order valence-corrected chi connectivity index (χ4v) is 4.72. The summed E-state index contributed by atoms with van der Waals surface area (Å²) in [4.78, 5) is 22.8. The summed E-state index contributed by atoms with van der Waals surface area (Å²) in [6.45, 7) is -0.784. The molecule has 0 saturated heterocycles. The van der Waals surface area contributed by atoms with Crippen LogP contribution in [0.1, 0.15) is 0 Å². The molecule has 0 saturated carbocycles. The van der Waals surface area contributed by atoms with Crippen LogP contribution in [-0.4, -0.2) is 40.0 Å². The van der Waals surface area contributed by atoms with Crippen molar-refractivity contribution in [2.45, 2.75) is 4.90 Å². The molecular weight excluding hydrogens is 469 g/mol. The number of amides is 1. The van der Waals surface area contributed by atoms with E-state index in [4.69, 9.17) is 9.47 Å². The normalized spacial score (nSPS) is 10.9. The Bertz CT molecular complexity index is 1330. The summed E-state index contributed by atoms with van der Waals surface area (Å²) in [5, 5.41) is 13.9. The smallest absolute Gasteiger partial charge is 0.289 e. The number of para-hydroxylation sites is 1. The molecule has 178 valence electrons. The van der Waals surface area contributed by atoms with Crippen LogP contribution in [0.4, 0.5) is 21.5 Å². The summed E-state index contributed by atoms with van der Waals surface area (Å²) >= 11 is 0. The fraction of sp³-hybridized carbons (Fsp3) is 0.136. The Morgan fingerprint density at radius 1 is 1.06 bits per heavy atom.